The highest BCUT2D eigenvalue weighted by Crippen LogP contribution is 2.20. The third kappa shape index (κ3) is 2.31. The van der Waals surface area contributed by atoms with E-state index in [1.54, 1.807) is 6.92 Å². The highest BCUT2D eigenvalue weighted by Gasteiger charge is 2.09. The minimum atomic E-state index is 0.194. The van der Waals surface area contributed by atoms with Gasteiger partial charge in [0.25, 0.3) is 0 Å². The first-order valence-electron chi connectivity index (χ1n) is 5.82. The number of para-hydroxylation sites is 1. The molecule has 0 aliphatic carbocycles. The predicted octanol–water partition coefficient (Wildman–Crippen LogP) is 3.23. The Kier molecular flexibility index (Phi) is 3.14. The monoisotopic (exact) mass is 227 g/mol. The van der Waals surface area contributed by atoms with Crippen LogP contribution in [0.4, 0.5) is 0 Å². The van der Waals surface area contributed by atoms with Crippen molar-refractivity contribution in [2.45, 2.75) is 27.2 Å². The average molecular weight is 227 g/mol. The van der Waals surface area contributed by atoms with Gasteiger partial charge in [-0.3, -0.25) is 4.79 Å². The van der Waals surface area contributed by atoms with Crippen LogP contribution in [0.15, 0.2) is 36.4 Å². The zero-order valence-electron chi connectivity index (χ0n) is 10.5. The third-order valence-electron chi connectivity index (χ3n) is 2.94. The fourth-order valence-corrected chi connectivity index (χ4v) is 2.20. The first kappa shape index (κ1) is 11.6. The van der Waals surface area contributed by atoms with Crippen LogP contribution in [0.2, 0.25) is 0 Å². The van der Waals surface area contributed by atoms with Crippen molar-refractivity contribution in [2.75, 3.05) is 0 Å². The molecule has 1 aromatic heterocycles. The summed E-state index contributed by atoms with van der Waals surface area (Å²) in [5, 5.41) is 0. The van der Waals surface area contributed by atoms with Gasteiger partial charge in [-0.2, -0.15) is 0 Å². The highest BCUT2D eigenvalue weighted by molar-refractivity contribution is 5.79. The van der Waals surface area contributed by atoms with Gasteiger partial charge in [-0.25, -0.2) is 0 Å². The fourth-order valence-electron chi connectivity index (χ4n) is 2.20. The molecule has 88 valence electrons. The van der Waals surface area contributed by atoms with E-state index in [0.717, 1.165) is 11.3 Å². The molecule has 2 rings (SSSR count). The molecule has 0 spiro atoms. The Morgan fingerprint density at radius 3 is 2.24 bits per heavy atom. The van der Waals surface area contributed by atoms with Crippen LogP contribution in [0.1, 0.15) is 23.9 Å². The Morgan fingerprint density at radius 1 is 1.06 bits per heavy atom. The standard InChI is InChI=1S/C15H17NO/c1-11-8-9-12(2)16(11)15-7-5-4-6-14(15)10-13(3)17/h4-9H,10H2,1-3H3. The summed E-state index contributed by atoms with van der Waals surface area (Å²) in [6.45, 7) is 5.79. The number of carbonyl (C=O) groups is 1. The van der Waals surface area contributed by atoms with Crippen LogP contribution in [0.3, 0.4) is 0 Å². The fraction of sp³-hybridized carbons (Fsp3) is 0.267. The van der Waals surface area contributed by atoms with Crippen LogP contribution >= 0.6 is 0 Å². The van der Waals surface area contributed by atoms with Gasteiger partial charge in [0.05, 0.1) is 0 Å². The zero-order chi connectivity index (χ0) is 12.4. The summed E-state index contributed by atoms with van der Waals surface area (Å²) < 4.78 is 2.19. The van der Waals surface area contributed by atoms with Gasteiger partial charge in [-0.1, -0.05) is 18.2 Å². The molecule has 0 unspecified atom stereocenters. The molecule has 0 saturated heterocycles. The molecule has 1 aromatic carbocycles. The molecule has 0 atom stereocenters. The largest absolute Gasteiger partial charge is 0.318 e. The van der Waals surface area contributed by atoms with Crippen LogP contribution in [0.25, 0.3) is 5.69 Å². The lowest BCUT2D eigenvalue weighted by Gasteiger charge is -2.13. The molecule has 2 nitrogen and oxygen atoms in total. The summed E-state index contributed by atoms with van der Waals surface area (Å²) in [6.07, 6.45) is 0.493. The van der Waals surface area contributed by atoms with E-state index in [0.29, 0.717) is 6.42 Å². The number of hydrogen-bond donors (Lipinski definition) is 0. The van der Waals surface area contributed by atoms with E-state index in [2.05, 4.69) is 36.6 Å². The van der Waals surface area contributed by atoms with Crippen LogP contribution < -0.4 is 0 Å². The van der Waals surface area contributed by atoms with Gasteiger partial charge in [-0.05, 0) is 44.5 Å². The number of ketones is 1. The van der Waals surface area contributed by atoms with Gasteiger partial charge in [0, 0.05) is 23.5 Å². The quantitative estimate of drug-likeness (QED) is 0.789. The Hall–Kier alpha value is -1.83. The Balaban J connectivity index is 2.55. The van der Waals surface area contributed by atoms with Gasteiger partial charge in [-0.15, -0.1) is 0 Å². The van der Waals surface area contributed by atoms with E-state index in [1.807, 2.05) is 18.2 Å². The summed E-state index contributed by atoms with van der Waals surface area (Å²) >= 11 is 0. The lowest BCUT2D eigenvalue weighted by molar-refractivity contribution is -0.116. The first-order chi connectivity index (χ1) is 8.09. The van der Waals surface area contributed by atoms with Crippen LogP contribution in [0, 0.1) is 13.8 Å². The number of aryl methyl sites for hydroxylation is 2. The van der Waals surface area contributed by atoms with Crippen molar-refractivity contribution in [1.82, 2.24) is 4.57 Å². The Morgan fingerprint density at radius 2 is 1.65 bits per heavy atom. The molecule has 0 aliphatic rings. The second kappa shape index (κ2) is 4.58. The van der Waals surface area contributed by atoms with E-state index < -0.39 is 0 Å². The minimum absolute atomic E-state index is 0.194. The molecule has 1 heterocycles. The highest BCUT2D eigenvalue weighted by atomic mass is 16.1. The van der Waals surface area contributed by atoms with Crippen LogP contribution in [-0.2, 0) is 11.2 Å². The maximum Gasteiger partial charge on any atom is 0.134 e. The van der Waals surface area contributed by atoms with Crippen molar-refractivity contribution >= 4 is 5.78 Å². The molecule has 2 heteroatoms. The van der Waals surface area contributed by atoms with E-state index in [-0.39, 0.29) is 5.78 Å². The lowest BCUT2D eigenvalue weighted by Crippen LogP contribution is -2.06. The normalized spacial score (nSPS) is 10.5. The second-order valence-electron chi connectivity index (χ2n) is 4.46. The number of hydrogen-bond acceptors (Lipinski definition) is 1. The molecule has 0 saturated carbocycles. The molecular formula is C15H17NO. The lowest BCUT2D eigenvalue weighted by atomic mass is 10.1. The number of carbonyl (C=O) groups excluding carboxylic acids is 1. The number of nitrogens with zero attached hydrogens (tertiary/aromatic N) is 1. The van der Waals surface area contributed by atoms with E-state index in [1.165, 1.54) is 11.4 Å². The van der Waals surface area contributed by atoms with Gasteiger partial charge in [0.2, 0.25) is 0 Å². The van der Waals surface area contributed by atoms with Crippen molar-refractivity contribution in [3.05, 3.63) is 53.3 Å². The summed E-state index contributed by atoms with van der Waals surface area (Å²) in [5.74, 6) is 0.194. The maximum atomic E-state index is 11.3. The maximum absolute atomic E-state index is 11.3. The second-order valence-corrected chi connectivity index (χ2v) is 4.46. The molecule has 2 aromatic rings. The van der Waals surface area contributed by atoms with E-state index in [4.69, 9.17) is 0 Å². The molecule has 0 fully saturated rings. The predicted molar refractivity (Wildman–Crippen MR) is 69.6 cm³/mol. The number of benzene rings is 1. The molecule has 0 aliphatic heterocycles. The molecular weight excluding hydrogens is 210 g/mol. The van der Waals surface area contributed by atoms with E-state index in [9.17, 15) is 4.79 Å². The SMILES string of the molecule is CC(=O)Cc1ccccc1-n1c(C)ccc1C. The summed E-state index contributed by atoms with van der Waals surface area (Å²) in [5.41, 5.74) is 4.59. The first-order valence-corrected chi connectivity index (χ1v) is 5.82. The number of aromatic nitrogens is 1. The summed E-state index contributed by atoms with van der Waals surface area (Å²) in [7, 11) is 0. The zero-order valence-corrected chi connectivity index (χ0v) is 10.5. The van der Waals surface area contributed by atoms with Gasteiger partial charge in [0.15, 0.2) is 0 Å². The van der Waals surface area contributed by atoms with Crippen molar-refractivity contribution < 1.29 is 4.79 Å². The molecule has 0 N–H and O–H groups in total. The van der Waals surface area contributed by atoms with Crippen LogP contribution in [0.5, 0.6) is 0 Å². The van der Waals surface area contributed by atoms with Gasteiger partial charge >= 0.3 is 0 Å². The third-order valence-corrected chi connectivity index (χ3v) is 2.94. The molecule has 0 amide bonds. The Bertz CT molecular complexity index is 532. The topological polar surface area (TPSA) is 22.0 Å². The van der Waals surface area contributed by atoms with Crippen molar-refractivity contribution in [3.63, 3.8) is 0 Å². The smallest absolute Gasteiger partial charge is 0.134 e. The van der Waals surface area contributed by atoms with Gasteiger partial charge < -0.3 is 4.57 Å². The van der Waals surface area contributed by atoms with Crippen molar-refractivity contribution in [1.29, 1.82) is 0 Å². The van der Waals surface area contributed by atoms with E-state index >= 15 is 0 Å². The van der Waals surface area contributed by atoms with Crippen LogP contribution in [-0.4, -0.2) is 10.4 Å². The van der Waals surface area contributed by atoms with Gasteiger partial charge in [0.1, 0.15) is 5.78 Å². The molecule has 0 radical (unpaired) electrons. The van der Waals surface area contributed by atoms with Crippen molar-refractivity contribution in [3.8, 4) is 5.69 Å². The van der Waals surface area contributed by atoms with Crippen molar-refractivity contribution in [2.24, 2.45) is 0 Å². The Labute approximate surface area is 102 Å². The number of rotatable bonds is 3. The minimum Gasteiger partial charge on any atom is -0.318 e. The summed E-state index contributed by atoms with van der Waals surface area (Å²) in [4.78, 5) is 11.3. The average Bonchev–Trinajstić information content (AvgIpc) is 2.59. The summed E-state index contributed by atoms with van der Waals surface area (Å²) in [6, 6.07) is 12.3. The number of Topliss-reactive ketones (excluding diaryl/α,β-unsaturated/α-hetero) is 1. The molecule has 17 heavy (non-hydrogen) atoms. The molecule has 0 bridgehead atoms.